The number of anilines is 4. The summed E-state index contributed by atoms with van der Waals surface area (Å²) in [4.78, 5) is 6.33. The van der Waals surface area contributed by atoms with Gasteiger partial charge in [-0.1, -0.05) is 41.9 Å². The van der Waals surface area contributed by atoms with Crippen LogP contribution in [0.3, 0.4) is 0 Å². The van der Waals surface area contributed by atoms with Crippen LogP contribution in [0.2, 0.25) is 5.02 Å². The van der Waals surface area contributed by atoms with Crippen molar-refractivity contribution in [3.05, 3.63) is 65.8 Å². The molecule has 1 heterocycles. The molecule has 0 saturated heterocycles. The fraction of sp³-hybridized carbons (Fsp3) is 0.0625. The fourth-order valence-corrected chi connectivity index (χ4v) is 2.15. The monoisotopic (exact) mass is 311 g/mol. The van der Waals surface area contributed by atoms with Crippen LogP contribution >= 0.6 is 11.6 Å². The molecule has 3 rings (SSSR count). The molecule has 0 bridgehead atoms. The van der Waals surface area contributed by atoms with Crippen molar-refractivity contribution < 1.29 is 0 Å². The third kappa shape index (κ3) is 3.15. The standard InChI is InChI=1S/C16H14ClN5/c1-22(12-7-3-2-4-8-12)16-20-15(11-18-21-16)19-14-10-6-5-9-13(14)17/h2-11H,1H3,(H,19,20,21). The van der Waals surface area contributed by atoms with Crippen LogP contribution < -0.4 is 10.2 Å². The molecular weight excluding hydrogens is 298 g/mol. The Kier molecular flexibility index (Phi) is 4.16. The van der Waals surface area contributed by atoms with E-state index in [-0.39, 0.29) is 0 Å². The molecule has 3 aromatic rings. The summed E-state index contributed by atoms with van der Waals surface area (Å²) in [6.45, 7) is 0. The van der Waals surface area contributed by atoms with Gasteiger partial charge in [0, 0.05) is 12.7 Å². The summed E-state index contributed by atoms with van der Waals surface area (Å²) < 4.78 is 0. The number of aromatic nitrogens is 3. The zero-order valence-electron chi connectivity index (χ0n) is 11.9. The first-order valence-electron chi connectivity index (χ1n) is 6.74. The Morgan fingerprint density at radius 3 is 2.50 bits per heavy atom. The van der Waals surface area contributed by atoms with Crippen molar-refractivity contribution in [2.24, 2.45) is 0 Å². The van der Waals surface area contributed by atoms with E-state index in [0.29, 0.717) is 16.8 Å². The van der Waals surface area contributed by atoms with E-state index >= 15 is 0 Å². The SMILES string of the molecule is CN(c1ccccc1)c1nncc(Nc2ccccc2Cl)n1. The molecule has 0 spiro atoms. The molecule has 0 radical (unpaired) electrons. The van der Waals surface area contributed by atoms with Crippen LogP contribution in [0.1, 0.15) is 0 Å². The van der Waals surface area contributed by atoms with Crippen molar-refractivity contribution >= 4 is 34.7 Å². The van der Waals surface area contributed by atoms with Crippen LogP contribution in [0, 0.1) is 0 Å². The van der Waals surface area contributed by atoms with Crippen LogP contribution in [0.25, 0.3) is 0 Å². The summed E-state index contributed by atoms with van der Waals surface area (Å²) in [5, 5.41) is 11.8. The molecule has 0 aliphatic rings. The number of nitrogens with one attached hydrogen (secondary N) is 1. The third-order valence-corrected chi connectivity index (χ3v) is 3.46. The van der Waals surface area contributed by atoms with Crippen LogP contribution in [0.5, 0.6) is 0 Å². The van der Waals surface area contributed by atoms with E-state index < -0.39 is 0 Å². The lowest BCUT2D eigenvalue weighted by atomic mass is 10.3. The average Bonchev–Trinajstić information content (AvgIpc) is 2.57. The lowest BCUT2D eigenvalue weighted by Gasteiger charge is -2.17. The van der Waals surface area contributed by atoms with Crippen LogP contribution in [0.15, 0.2) is 60.8 Å². The fourth-order valence-electron chi connectivity index (χ4n) is 1.96. The Bertz CT molecular complexity index is 763. The predicted molar refractivity (Wildman–Crippen MR) is 89.1 cm³/mol. The molecule has 0 unspecified atom stereocenters. The summed E-state index contributed by atoms with van der Waals surface area (Å²) in [6, 6.07) is 17.3. The number of hydrogen-bond acceptors (Lipinski definition) is 5. The minimum atomic E-state index is 0.503. The molecule has 6 heteroatoms. The zero-order valence-corrected chi connectivity index (χ0v) is 12.7. The second-order valence-corrected chi connectivity index (χ2v) is 5.05. The largest absolute Gasteiger partial charge is 0.338 e. The maximum Gasteiger partial charge on any atom is 0.251 e. The molecule has 110 valence electrons. The van der Waals surface area contributed by atoms with Gasteiger partial charge in [0.05, 0.1) is 16.9 Å². The van der Waals surface area contributed by atoms with Gasteiger partial charge in [-0.3, -0.25) is 0 Å². The minimum absolute atomic E-state index is 0.503. The van der Waals surface area contributed by atoms with Gasteiger partial charge in [-0.05, 0) is 24.3 Å². The molecular formula is C16H14ClN5. The summed E-state index contributed by atoms with van der Waals surface area (Å²) in [6.07, 6.45) is 1.56. The van der Waals surface area contributed by atoms with Crippen molar-refractivity contribution in [1.29, 1.82) is 0 Å². The molecule has 5 nitrogen and oxygen atoms in total. The van der Waals surface area contributed by atoms with E-state index in [1.165, 1.54) is 0 Å². The van der Waals surface area contributed by atoms with E-state index in [4.69, 9.17) is 11.6 Å². The van der Waals surface area contributed by atoms with Crippen LogP contribution in [-0.4, -0.2) is 22.2 Å². The highest BCUT2D eigenvalue weighted by Gasteiger charge is 2.09. The first-order chi connectivity index (χ1) is 10.7. The van der Waals surface area contributed by atoms with Crippen molar-refractivity contribution in [2.75, 3.05) is 17.3 Å². The number of halogens is 1. The van der Waals surface area contributed by atoms with Gasteiger partial charge in [0.1, 0.15) is 0 Å². The molecule has 2 aromatic carbocycles. The van der Waals surface area contributed by atoms with E-state index in [2.05, 4.69) is 20.5 Å². The summed E-state index contributed by atoms with van der Waals surface area (Å²) in [5.41, 5.74) is 1.76. The van der Waals surface area contributed by atoms with E-state index in [1.807, 2.05) is 66.5 Å². The molecule has 0 aliphatic carbocycles. The van der Waals surface area contributed by atoms with E-state index in [0.717, 1.165) is 11.4 Å². The van der Waals surface area contributed by atoms with Crippen molar-refractivity contribution in [2.45, 2.75) is 0 Å². The highest BCUT2D eigenvalue weighted by molar-refractivity contribution is 6.33. The topological polar surface area (TPSA) is 53.9 Å². The third-order valence-electron chi connectivity index (χ3n) is 3.13. The summed E-state index contributed by atoms with van der Waals surface area (Å²) in [5.74, 6) is 1.09. The summed E-state index contributed by atoms with van der Waals surface area (Å²) in [7, 11) is 1.89. The second-order valence-electron chi connectivity index (χ2n) is 4.64. The van der Waals surface area contributed by atoms with Crippen molar-refractivity contribution in [1.82, 2.24) is 15.2 Å². The Morgan fingerprint density at radius 2 is 1.73 bits per heavy atom. The lowest BCUT2D eigenvalue weighted by Crippen LogP contribution is -2.14. The zero-order chi connectivity index (χ0) is 15.4. The van der Waals surface area contributed by atoms with Gasteiger partial charge < -0.3 is 10.2 Å². The van der Waals surface area contributed by atoms with Crippen molar-refractivity contribution in [3.63, 3.8) is 0 Å². The van der Waals surface area contributed by atoms with E-state index in [1.54, 1.807) is 6.20 Å². The number of benzene rings is 2. The Balaban J connectivity index is 1.85. The molecule has 1 aromatic heterocycles. The molecule has 0 aliphatic heterocycles. The van der Waals surface area contributed by atoms with Gasteiger partial charge >= 0.3 is 0 Å². The number of nitrogens with zero attached hydrogens (tertiary/aromatic N) is 4. The number of rotatable bonds is 4. The maximum absolute atomic E-state index is 6.14. The van der Waals surface area contributed by atoms with Gasteiger partial charge in [0.2, 0.25) is 0 Å². The minimum Gasteiger partial charge on any atom is -0.338 e. The second kappa shape index (κ2) is 6.41. The normalized spacial score (nSPS) is 10.3. The van der Waals surface area contributed by atoms with Gasteiger partial charge in [0.15, 0.2) is 5.82 Å². The molecule has 0 atom stereocenters. The lowest BCUT2D eigenvalue weighted by molar-refractivity contribution is 0.932. The molecule has 22 heavy (non-hydrogen) atoms. The van der Waals surface area contributed by atoms with Crippen LogP contribution in [0.4, 0.5) is 23.1 Å². The predicted octanol–water partition coefficient (Wildman–Crippen LogP) is 4.04. The molecule has 0 fully saturated rings. The van der Waals surface area contributed by atoms with Gasteiger partial charge in [-0.25, -0.2) is 0 Å². The van der Waals surface area contributed by atoms with Crippen molar-refractivity contribution in [3.8, 4) is 0 Å². The Morgan fingerprint density at radius 1 is 1.00 bits per heavy atom. The highest BCUT2D eigenvalue weighted by atomic mass is 35.5. The average molecular weight is 312 g/mol. The number of para-hydroxylation sites is 2. The Hall–Kier alpha value is -2.66. The van der Waals surface area contributed by atoms with E-state index in [9.17, 15) is 0 Å². The summed E-state index contributed by atoms with van der Waals surface area (Å²) >= 11 is 6.14. The highest BCUT2D eigenvalue weighted by Crippen LogP contribution is 2.25. The first-order valence-corrected chi connectivity index (χ1v) is 7.12. The molecule has 0 amide bonds. The number of hydrogen-bond donors (Lipinski definition) is 1. The van der Waals surface area contributed by atoms with Gasteiger partial charge in [-0.2, -0.15) is 10.1 Å². The van der Waals surface area contributed by atoms with Crippen LogP contribution in [-0.2, 0) is 0 Å². The quantitative estimate of drug-likeness (QED) is 0.788. The van der Waals surface area contributed by atoms with Gasteiger partial charge in [-0.15, -0.1) is 5.10 Å². The van der Waals surface area contributed by atoms with Gasteiger partial charge in [0.25, 0.3) is 5.95 Å². The Labute approximate surface area is 133 Å². The molecule has 1 N–H and O–H groups in total. The smallest absolute Gasteiger partial charge is 0.251 e. The first kappa shape index (κ1) is 14.3. The maximum atomic E-state index is 6.14. The molecule has 0 saturated carbocycles.